The number of aliphatic imine (C=N–C) groups is 1. The van der Waals surface area contributed by atoms with Crippen LogP contribution in [0.4, 0.5) is 5.69 Å². The quantitative estimate of drug-likeness (QED) is 0.375. The highest BCUT2D eigenvalue weighted by molar-refractivity contribution is 9.10. The van der Waals surface area contributed by atoms with Gasteiger partial charge in [0.15, 0.2) is 5.17 Å². The highest BCUT2D eigenvalue weighted by Gasteiger charge is 2.30. The van der Waals surface area contributed by atoms with Gasteiger partial charge in [-0.2, -0.15) is 0 Å². The molecule has 4 rings (SSSR count). The molecule has 3 aromatic carbocycles. The fraction of sp³-hybridized carbons (Fsp3) is 0.115. The Morgan fingerprint density at radius 3 is 2.62 bits per heavy atom. The zero-order valence-electron chi connectivity index (χ0n) is 18.5. The number of thioether (sulfide) groups is 1. The maximum Gasteiger partial charge on any atom is 0.335 e. The highest BCUT2D eigenvalue weighted by atomic mass is 79.9. The van der Waals surface area contributed by atoms with Crippen LogP contribution in [-0.4, -0.2) is 34.1 Å². The molecule has 1 fully saturated rings. The number of aromatic carboxylic acids is 1. The number of carbonyl (C=O) groups is 2. The molecule has 0 bridgehead atoms. The maximum atomic E-state index is 12.7. The van der Waals surface area contributed by atoms with Crippen molar-refractivity contribution in [2.75, 3.05) is 7.05 Å². The first-order valence-electron chi connectivity index (χ1n) is 10.4. The second kappa shape index (κ2) is 10.3. The smallest absolute Gasteiger partial charge is 0.335 e. The molecule has 0 radical (unpaired) electrons. The van der Waals surface area contributed by atoms with Gasteiger partial charge in [0.25, 0.3) is 5.91 Å². The van der Waals surface area contributed by atoms with Crippen LogP contribution in [0, 0.1) is 6.92 Å². The minimum Gasteiger partial charge on any atom is -0.488 e. The molecule has 1 aliphatic rings. The van der Waals surface area contributed by atoms with E-state index in [2.05, 4.69) is 33.1 Å². The third-order valence-electron chi connectivity index (χ3n) is 5.09. The van der Waals surface area contributed by atoms with Gasteiger partial charge < -0.3 is 9.84 Å². The number of ether oxygens (including phenoxy) is 1. The summed E-state index contributed by atoms with van der Waals surface area (Å²) in [4.78, 5) is 30.4. The Labute approximate surface area is 210 Å². The van der Waals surface area contributed by atoms with Gasteiger partial charge in [-0.15, -0.1) is 0 Å². The van der Waals surface area contributed by atoms with E-state index < -0.39 is 5.97 Å². The number of amidine groups is 1. The largest absolute Gasteiger partial charge is 0.488 e. The van der Waals surface area contributed by atoms with Gasteiger partial charge in [-0.25, -0.2) is 9.79 Å². The van der Waals surface area contributed by atoms with Crippen molar-refractivity contribution in [3.63, 3.8) is 0 Å². The number of carboxylic acids is 1. The number of benzene rings is 3. The van der Waals surface area contributed by atoms with Gasteiger partial charge in [0.05, 0.1) is 20.6 Å². The van der Waals surface area contributed by atoms with E-state index in [0.29, 0.717) is 28.1 Å². The molecule has 1 saturated heterocycles. The van der Waals surface area contributed by atoms with Crippen LogP contribution in [0.2, 0.25) is 0 Å². The average molecular weight is 537 g/mol. The van der Waals surface area contributed by atoms with Gasteiger partial charge in [-0.1, -0.05) is 42.0 Å². The average Bonchev–Trinajstić information content (AvgIpc) is 3.07. The van der Waals surface area contributed by atoms with Crippen LogP contribution in [0.1, 0.15) is 27.0 Å². The van der Waals surface area contributed by atoms with Gasteiger partial charge in [0.1, 0.15) is 12.4 Å². The number of rotatable bonds is 6. The van der Waals surface area contributed by atoms with E-state index in [1.54, 1.807) is 25.3 Å². The van der Waals surface area contributed by atoms with Crippen LogP contribution in [-0.2, 0) is 11.4 Å². The monoisotopic (exact) mass is 536 g/mol. The maximum absolute atomic E-state index is 12.7. The minimum absolute atomic E-state index is 0.143. The third-order valence-corrected chi connectivity index (χ3v) is 6.77. The summed E-state index contributed by atoms with van der Waals surface area (Å²) in [5, 5.41) is 9.66. The lowest BCUT2D eigenvalue weighted by molar-refractivity contribution is -0.121. The van der Waals surface area contributed by atoms with Crippen LogP contribution in [0.3, 0.4) is 0 Å². The van der Waals surface area contributed by atoms with Crippen LogP contribution in [0.5, 0.6) is 5.75 Å². The van der Waals surface area contributed by atoms with E-state index in [4.69, 9.17) is 4.74 Å². The molecule has 0 spiro atoms. The Kier molecular flexibility index (Phi) is 7.19. The van der Waals surface area contributed by atoms with Gasteiger partial charge in [0.2, 0.25) is 0 Å². The normalized spacial score (nSPS) is 15.9. The lowest BCUT2D eigenvalue weighted by Crippen LogP contribution is -2.23. The summed E-state index contributed by atoms with van der Waals surface area (Å²) in [5.41, 5.74) is 3.74. The molecule has 0 saturated carbocycles. The molecule has 3 aromatic rings. The fourth-order valence-electron chi connectivity index (χ4n) is 3.19. The van der Waals surface area contributed by atoms with E-state index in [-0.39, 0.29) is 11.5 Å². The Bertz CT molecular complexity index is 1320. The van der Waals surface area contributed by atoms with Gasteiger partial charge >= 0.3 is 5.97 Å². The SMILES string of the molecule is Cc1ccc(COc2ccc(C=C3SC(=Nc4cccc(C(=O)O)c4)N(C)C3=O)cc2Br)cc1. The zero-order chi connectivity index (χ0) is 24.2. The molecule has 1 N–H and O–H groups in total. The van der Waals surface area contributed by atoms with Crippen molar-refractivity contribution in [1.82, 2.24) is 4.90 Å². The summed E-state index contributed by atoms with van der Waals surface area (Å²) in [6, 6.07) is 20.1. The molecule has 0 unspecified atom stereocenters. The number of aryl methyl sites for hydroxylation is 1. The van der Waals surface area contributed by atoms with Crippen LogP contribution in [0.25, 0.3) is 6.08 Å². The summed E-state index contributed by atoms with van der Waals surface area (Å²) in [6.45, 7) is 2.51. The van der Waals surface area contributed by atoms with Crippen molar-refractivity contribution in [1.29, 1.82) is 0 Å². The number of carbonyl (C=O) groups excluding carboxylic acids is 1. The van der Waals surface area contributed by atoms with Crippen molar-refractivity contribution in [2.45, 2.75) is 13.5 Å². The predicted molar refractivity (Wildman–Crippen MR) is 138 cm³/mol. The topological polar surface area (TPSA) is 79.2 Å². The zero-order valence-corrected chi connectivity index (χ0v) is 20.9. The first-order chi connectivity index (χ1) is 16.3. The second-order valence-corrected chi connectivity index (χ2v) is 9.55. The van der Waals surface area contributed by atoms with Crippen molar-refractivity contribution in [3.8, 4) is 5.75 Å². The van der Waals surface area contributed by atoms with E-state index in [1.807, 2.05) is 37.3 Å². The molecule has 8 heteroatoms. The predicted octanol–water partition coefficient (Wildman–Crippen LogP) is 6.27. The fourth-order valence-corrected chi connectivity index (χ4v) is 4.69. The Hall–Kier alpha value is -3.36. The standard InChI is InChI=1S/C26H21BrN2O4S/c1-16-6-8-17(9-7-16)15-33-22-11-10-18(12-21(22)27)13-23-24(30)29(2)26(34-23)28-20-5-3-4-19(14-20)25(31)32/h3-14H,15H2,1-2H3,(H,31,32). The second-order valence-electron chi connectivity index (χ2n) is 7.69. The van der Waals surface area contributed by atoms with Gasteiger partial charge in [-0.3, -0.25) is 9.69 Å². The molecule has 0 aromatic heterocycles. The molecule has 1 aliphatic heterocycles. The number of hydrogen-bond acceptors (Lipinski definition) is 5. The number of hydrogen-bond donors (Lipinski definition) is 1. The third kappa shape index (κ3) is 5.58. The van der Waals surface area contributed by atoms with Crippen molar-refractivity contribution in [2.24, 2.45) is 4.99 Å². The van der Waals surface area contributed by atoms with Crippen LogP contribution >= 0.6 is 27.7 Å². The summed E-state index contributed by atoms with van der Waals surface area (Å²) in [5.74, 6) is -0.484. The summed E-state index contributed by atoms with van der Waals surface area (Å²) < 4.78 is 6.72. The molecular weight excluding hydrogens is 516 g/mol. The van der Waals surface area contributed by atoms with E-state index in [0.717, 1.165) is 15.6 Å². The molecule has 172 valence electrons. The van der Waals surface area contributed by atoms with E-state index in [9.17, 15) is 14.7 Å². The molecule has 6 nitrogen and oxygen atoms in total. The first-order valence-corrected chi connectivity index (χ1v) is 12.0. The Morgan fingerprint density at radius 2 is 1.91 bits per heavy atom. The lowest BCUT2D eigenvalue weighted by Gasteiger charge is -2.09. The highest BCUT2D eigenvalue weighted by Crippen LogP contribution is 2.35. The van der Waals surface area contributed by atoms with Gasteiger partial charge in [0, 0.05) is 7.05 Å². The molecule has 1 amide bonds. The number of nitrogens with zero attached hydrogens (tertiary/aromatic N) is 2. The molecule has 1 heterocycles. The molecule has 0 aliphatic carbocycles. The number of amides is 1. The lowest BCUT2D eigenvalue weighted by atomic mass is 10.1. The van der Waals surface area contributed by atoms with Crippen LogP contribution < -0.4 is 4.74 Å². The van der Waals surface area contributed by atoms with E-state index >= 15 is 0 Å². The molecule has 0 atom stereocenters. The number of halogens is 1. The van der Waals surface area contributed by atoms with Crippen molar-refractivity contribution < 1.29 is 19.4 Å². The molecule has 34 heavy (non-hydrogen) atoms. The summed E-state index contributed by atoms with van der Waals surface area (Å²) in [7, 11) is 1.65. The minimum atomic E-state index is -1.02. The van der Waals surface area contributed by atoms with Crippen molar-refractivity contribution in [3.05, 3.63) is 98.4 Å². The molecular formula is C26H21BrN2O4S. The Balaban J connectivity index is 1.49. The van der Waals surface area contributed by atoms with Crippen LogP contribution in [0.15, 0.2) is 81.1 Å². The van der Waals surface area contributed by atoms with E-state index in [1.165, 1.54) is 34.4 Å². The Morgan fingerprint density at radius 1 is 1.15 bits per heavy atom. The number of likely N-dealkylation sites (N-methyl/N-ethyl adjacent to an activating group) is 1. The summed E-state index contributed by atoms with van der Waals surface area (Å²) in [6.07, 6.45) is 1.80. The van der Waals surface area contributed by atoms with Gasteiger partial charge in [-0.05, 0) is 82.2 Å². The number of carboxylic acid groups (broad SMARTS) is 1. The summed E-state index contributed by atoms with van der Waals surface area (Å²) >= 11 is 4.80. The van der Waals surface area contributed by atoms with Crippen molar-refractivity contribution >= 4 is 56.5 Å². The first kappa shape index (κ1) is 23.8.